The first-order valence-corrected chi connectivity index (χ1v) is 8.01. The molecule has 0 aliphatic carbocycles. The third-order valence-corrected chi connectivity index (χ3v) is 4.36. The standard InChI is InChI=1S/C16H24N4O.ClH/c21-16(14-11-17-12-14)19-10-13-5-6-15(18-9-13)20-7-3-1-2-4-8-20;/h5-6,9,14,17H,1-4,7-8,10-12H2,(H,19,21);1H. The summed E-state index contributed by atoms with van der Waals surface area (Å²) in [5.41, 5.74) is 1.06. The first-order valence-electron chi connectivity index (χ1n) is 8.01. The van der Waals surface area contributed by atoms with Gasteiger partial charge in [-0.05, 0) is 24.5 Å². The van der Waals surface area contributed by atoms with E-state index in [1.54, 1.807) is 0 Å². The van der Waals surface area contributed by atoms with Crippen molar-refractivity contribution in [2.45, 2.75) is 32.2 Å². The van der Waals surface area contributed by atoms with Gasteiger partial charge in [0.2, 0.25) is 5.91 Å². The summed E-state index contributed by atoms with van der Waals surface area (Å²) in [5, 5.41) is 6.09. The lowest BCUT2D eigenvalue weighted by Gasteiger charge is -2.25. The number of carbonyl (C=O) groups excluding carboxylic acids is 1. The lowest BCUT2D eigenvalue weighted by molar-refractivity contribution is -0.126. The number of carbonyl (C=O) groups is 1. The van der Waals surface area contributed by atoms with E-state index in [2.05, 4.69) is 32.7 Å². The zero-order chi connectivity index (χ0) is 14.5. The Kier molecular flexibility index (Phi) is 6.46. The summed E-state index contributed by atoms with van der Waals surface area (Å²) < 4.78 is 0. The number of amides is 1. The van der Waals surface area contributed by atoms with E-state index in [0.29, 0.717) is 6.54 Å². The number of rotatable bonds is 4. The summed E-state index contributed by atoms with van der Waals surface area (Å²) in [6.45, 7) is 4.40. The minimum atomic E-state index is 0. The average Bonchev–Trinajstić information content (AvgIpc) is 2.73. The van der Waals surface area contributed by atoms with Gasteiger partial charge >= 0.3 is 0 Å². The van der Waals surface area contributed by atoms with E-state index in [0.717, 1.165) is 37.6 Å². The maximum atomic E-state index is 11.8. The molecule has 22 heavy (non-hydrogen) atoms. The topological polar surface area (TPSA) is 57.3 Å². The monoisotopic (exact) mass is 324 g/mol. The van der Waals surface area contributed by atoms with Gasteiger partial charge in [-0.1, -0.05) is 18.9 Å². The van der Waals surface area contributed by atoms with Crippen molar-refractivity contribution in [3.05, 3.63) is 23.9 Å². The Hall–Kier alpha value is -1.33. The van der Waals surface area contributed by atoms with Gasteiger partial charge in [0.05, 0.1) is 5.92 Å². The first-order chi connectivity index (χ1) is 10.3. The normalized spacial score (nSPS) is 18.8. The number of pyridine rings is 1. The average molecular weight is 325 g/mol. The van der Waals surface area contributed by atoms with Crippen molar-refractivity contribution in [2.75, 3.05) is 31.1 Å². The molecule has 0 unspecified atom stereocenters. The second-order valence-electron chi connectivity index (χ2n) is 6.00. The smallest absolute Gasteiger partial charge is 0.225 e. The molecule has 122 valence electrons. The summed E-state index contributed by atoms with van der Waals surface area (Å²) in [4.78, 5) is 18.7. The van der Waals surface area contributed by atoms with Crippen molar-refractivity contribution in [1.82, 2.24) is 15.6 Å². The molecule has 3 rings (SSSR count). The summed E-state index contributed by atoms with van der Waals surface area (Å²) >= 11 is 0. The molecule has 2 saturated heterocycles. The number of nitrogens with zero attached hydrogens (tertiary/aromatic N) is 2. The van der Waals surface area contributed by atoms with Crippen molar-refractivity contribution in [2.24, 2.45) is 5.92 Å². The third kappa shape index (κ3) is 4.34. The van der Waals surface area contributed by atoms with Crippen LogP contribution in [0.4, 0.5) is 5.82 Å². The maximum Gasteiger partial charge on any atom is 0.225 e. The van der Waals surface area contributed by atoms with Crippen molar-refractivity contribution in [1.29, 1.82) is 0 Å². The minimum Gasteiger partial charge on any atom is -0.357 e. The summed E-state index contributed by atoms with van der Waals surface area (Å²) in [7, 11) is 0. The van der Waals surface area contributed by atoms with E-state index < -0.39 is 0 Å². The molecule has 0 bridgehead atoms. The fraction of sp³-hybridized carbons (Fsp3) is 0.625. The molecule has 0 saturated carbocycles. The Bertz CT molecular complexity index is 468. The Morgan fingerprint density at radius 1 is 1.23 bits per heavy atom. The Labute approximate surface area is 138 Å². The molecule has 0 radical (unpaired) electrons. The van der Waals surface area contributed by atoms with Crippen LogP contribution in [-0.4, -0.2) is 37.1 Å². The van der Waals surface area contributed by atoms with Crippen LogP contribution in [0.5, 0.6) is 0 Å². The van der Waals surface area contributed by atoms with Gasteiger partial charge in [-0.25, -0.2) is 4.98 Å². The van der Waals surface area contributed by atoms with E-state index in [4.69, 9.17) is 0 Å². The molecule has 0 aromatic carbocycles. The quantitative estimate of drug-likeness (QED) is 0.885. The summed E-state index contributed by atoms with van der Waals surface area (Å²) in [5.74, 6) is 1.36. The van der Waals surface area contributed by atoms with Crippen molar-refractivity contribution in [3.63, 3.8) is 0 Å². The van der Waals surface area contributed by atoms with Crippen LogP contribution >= 0.6 is 12.4 Å². The highest BCUT2D eigenvalue weighted by Gasteiger charge is 2.24. The molecule has 2 fully saturated rings. The van der Waals surface area contributed by atoms with E-state index >= 15 is 0 Å². The molecular weight excluding hydrogens is 300 g/mol. The lowest BCUT2D eigenvalue weighted by Crippen LogP contribution is -2.50. The minimum absolute atomic E-state index is 0. The number of halogens is 1. The second-order valence-corrected chi connectivity index (χ2v) is 6.00. The number of nitrogens with one attached hydrogen (secondary N) is 2. The highest BCUT2D eigenvalue weighted by molar-refractivity contribution is 5.85. The van der Waals surface area contributed by atoms with Gasteiger partial charge in [-0.15, -0.1) is 12.4 Å². The zero-order valence-corrected chi connectivity index (χ0v) is 13.7. The molecule has 2 aliphatic rings. The molecule has 1 aromatic rings. The van der Waals surface area contributed by atoms with Gasteiger partial charge in [-0.2, -0.15) is 0 Å². The Balaban J connectivity index is 0.00000176. The van der Waals surface area contributed by atoms with E-state index in [1.807, 2.05) is 6.20 Å². The molecule has 0 spiro atoms. The molecule has 2 N–H and O–H groups in total. The molecule has 5 nitrogen and oxygen atoms in total. The molecule has 6 heteroatoms. The molecule has 1 aromatic heterocycles. The van der Waals surface area contributed by atoms with Crippen LogP contribution in [0.25, 0.3) is 0 Å². The van der Waals surface area contributed by atoms with Gasteiger partial charge in [0.15, 0.2) is 0 Å². The van der Waals surface area contributed by atoms with Gasteiger partial charge < -0.3 is 15.5 Å². The number of anilines is 1. The Morgan fingerprint density at radius 2 is 1.95 bits per heavy atom. The lowest BCUT2D eigenvalue weighted by atomic mass is 10.0. The highest BCUT2D eigenvalue weighted by Crippen LogP contribution is 2.17. The van der Waals surface area contributed by atoms with Crippen LogP contribution in [-0.2, 0) is 11.3 Å². The van der Waals surface area contributed by atoms with Crippen LogP contribution in [0.3, 0.4) is 0 Å². The number of aromatic nitrogens is 1. The summed E-state index contributed by atoms with van der Waals surface area (Å²) in [6.07, 6.45) is 7.07. The number of hydrogen-bond donors (Lipinski definition) is 2. The fourth-order valence-corrected chi connectivity index (χ4v) is 2.82. The summed E-state index contributed by atoms with van der Waals surface area (Å²) in [6, 6.07) is 4.16. The Morgan fingerprint density at radius 3 is 2.50 bits per heavy atom. The van der Waals surface area contributed by atoms with Gasteiger partial charge in [0, 0.05) is 38.9 Å². The van der Waals surface area contributed by atoms with Crippen LogP contribution in [0, 0.1) is 5.92 Å². The predicted octanol–water partition coefficient (Wildman–Crippen LogP) is 1.72. The predicted molar refractivity (Wildman–Crippen MR) is 90.4 cm³/mol. The van der Waals surface area contributed by atoms with Crippen LogP contribution in [0.2, 0.25) is 0 Å². The molecular formula is C16H25ClN4O. The second kappa shape index (κ2) is 8.34. The third-order valence-electron chi connectivity index (χ3n) is 4.36. The van der Waals surface area contributed by atoms with Crippen LogP contribution in [0.15, 0.2) is 18.3 Å². The molecule has 2 aliphatic heterocycles. The van der Waals surface area contributed by atoms with Crippen molar-refractivity contribution in [3.8, 4) is 0 Å². The first kappa shape index (κ1) is 17.0. The molecule has 0 atom stereocenters. The van der Waals surface area contributed by atoms with E-state index in [-0.39, 0.29) is 24.2 Å². The fourth-order valence-electron chi connectivity index (χ4n) is 2.82. The molecule has 3 heterocycles. The largest absolute Gasteiger partial charge is 0.357 e. The van der Waals surface area contributed by atoms with E-state index in [1.165, 1.54) is 25.7 Å². The van der Waals surface area contributed by atoms with Crippen LogP contribution in [0.1, 0.15) is 31.2 Å². The number of hydrogen-bond acceptors (Lipinski definition) is 4. The van der Waals surface area contributed by atoms with Crippen molar-refractivity contribution >= 4 is 24.1 Å². The van der Waals surface area contributed by atoms with Crippen LogP contribution < -0.4 is 15.5 Å². The molecule has 1 amide bonds. The SMILES string of the molecule is Cl.O=C(NCc1ccc(N2CCCCCC2)nc1)C1CNC1. The maximum absolute atomic E-state index is 11.8. The van der Waals surface area contributed by atoms with Gasteiger partial charge in [-0.3, -0.25) is 4.79 Å². The van der Waals surface area contributed by atoms with Gasteiger partial charge in [0.1, 0.15) is 5.82 Å². The van der Waals surface area contributed by atoms with E-state index in [9.17, 15) is 4.79 Å². The zero-order valence-electron chi connectivity index (χ0n) is 12.9. The van der Waals surface area contributed by atoms with Gasteiger partial charge in [0.25, 0.3) is 0 Å². The van der Waals surface area contributed by atoms with Crippen molar-refractivity contribution < 1.29 is 4.79 Å². The highest BCUT2D eigenvalue weighted by atomic mass is 35.5.